The Morgan fingerprint density at radius 1 is 0.781 bits per heavy atom. The van der Waals surface area contributed by atoms with Gasteiger partial charge in [0.2, 0.25) is 0 Å². The van der Waals surface area contributed by atoms with Crippen LogP contribution in [0.5, 0.6) is 0 Å². The van der Waals surface area contributed by atoms with Gasteiger partial charge in [0.15, 0.2) is 0 Å². The zero-order chi connectivity index (χ0) is 21.8. The summed E-state index contributed by atoms with van der Waals surface area (Å²) in [5.74, 6) is 0.0707. The first kappa shape index (κ1) is 19.9. The van der Waals surface area contributed by atoms with Crippen molar-refractivity contribution >= 4 is 17.5 Å². The molecular weight excluding hydrogens is 394 g/mol. The van der Waals surface area contributed by atoms with Crippen molar-refractivity contribution in [2.75, 3.05) is 11.9 Å². The van der Waals surface area contributed by atoms with Gasteiger partial charge in [-0.25, -0.2) is 0 Å². The third kappa shape index (κ3) is 4.08. The average molecular weight is 419 g/mol. The lowest BCUT2D eigenvalue weighted by Gasteiger charge is -2.20. The van der Waals surface area contributed by atoms with Crippen molar-refractivity contribution in [2.24, 2.45) is 0 Å². The van der Waals surface area contributed by atoms with Crippen LogP contribution in [-0.2, 0) is 6.54 Å². The fraction of sp³-hybridized carbons (Fsp3) is 0.107. The molecular formula is C28H24N3O. The predicted octanol–water partition coefficient (Wildman–Crippen LogP) is 5.36. The molecule has 1 radical (unpaired) electrons. The number of nitrogens with zero attached hydrogens (tertiary/aromatic N) is 2. The molecule has 1 aliphatic heterocycles. The summed E-state index contributed by atoms with van der Waals surface area (Å²) in [6.07, 6.45) is 5.82. The maximum Gasteiger partial charge on any atom is 0.250 e. The van der Waals surface area contributed by atoms with Gasteiger partial charge in [-0.15, -0.1) is 0 Å². The summed E-state index contributed by atoms with van der Waals surface area (Å²) in [6.45, 7) is 1.22. The molecule has 0 aliphatic carbocycles. The molecule has 0 saturated heterocycles. The van der Waals surface area contributed by atoms with Crippen molar-refractivity contribution in [1.82, 2.24) is 9.88 Å². The third-order valence-electron chi connectivity index (χ3n) is 5.81. The standard InChI is InChI=1S/C28H24N3O/c32-27-15-14-23(28(21-8-3-1-4-9-21)22-10-5-2-6-11-22)20-31(27)19-18-30-26-13-7-12-25-24(26)16-17-29-25/h1-17,20,28,30H,18-19H2. The molecule has 157 valence electrons. The summed E-state index contributed by atoms with van der Waals surface area (Å²) in [5, 5.41) is 7.81. The summed E-state index contributed by atoms with van der Waals surface area (Å²) in [7, 11) is 0. The predicted molar refractivity (Wildman–Crippen MR) is 130 cm³/mol. The Hall–Kier alpha value is -4.05. The maximum absolute atomic E-state index is 12.6. The van der Waals surface area contributed by atoms with Gasteiger partial charge in [-0.1, -0.05) is 72.8 Å². The van der Waals surface area contributed by atoms with Gasteiger partial charge in [0, 0.05) is 48.7 Å². The highest BCUT2D eigenvalue weighted by molar-refractivity contribution is 5.79. The minimum atomic E-state index is 0.00334. The van der Waals surface area contributed by atoms with Gasteiger partial charge < -0.3 is 9.88 Å². The number of fused-ring (bicyclic) bond motifs is 1. The van der Waals surface area contributed by atoms with Crippen LogP contribution >= 0.6 is 0 Å². The van der Waals surface area contributed by atoms with E-state index in [0.29, 0.717) is 13.1 Å². The molecule has 3 aromatic carbocycles. The number of pyridine rings is 1. The second-order valence-corrected chi connectivity index (χ2v) is 7.86. The first-order valence-corrected chi connectivity index (χ1v) is 10.8. The van der Waals surface area contributed by atoms with Crippen LogP contribution in [0.4, 0.5) is 11.4 Å². The molecule has 0 bridgehead atoms. The lowest BCUT2D eigenvalue weighted by molar-refractivity contribution is 0.688. The van der Waals surface area contributed by atoms with Gasteiger partial charge in [0.1, 0.15) is 0 Å². The molecule has 4 heteroatoms. The molecule has 0 spiro atoms. The molecule has 2 heterocycles. The van der Waals surface area contributed by atoms with E-state index in [9.17, 15) is 4.79 Å². The largest absolute Gasteiger partial charge is 0.383 e. The monoisotopic (exact) mass is 418 g/mol. The minimum absolute atomic E-state index is 0.00334. The SMILES string of the molecule is O=c1ccc(C(c2ccccc2)c2ccccc2)cn1CCNc1cccc2c1C=C[N]2. The van der Waals surface area contributed by atoms with Gasteiger partial charge in [-0.2, -0.15) is 0 Å². The minimum Gasteiger partial charge on any atom is -0.383 e. The highest BCUT2D eigenvalue weighted by atomic mass is 16.1. The summed E-state index contributed by atoms with van der Waals surface area (Å²) in [6, 6.07) is 30.5. The first-order valence-electron chi connectivity index (χ1n) is 10.8. The van der Waals surface area contributed by atoms with Crippen LogP contribution in [0.1, 0.15) is 28.2 Å². The lowest BCUT2D eigenvalue weighted by atomic mass is 9.86. The van der Waals surface area contributed by atoms with Gasteiger partial charge >= 0.3 is 0 Å². The number of hydrogen-bond acceptors (Lipinski definition) is 2. The van der Waals surface area contributed by atoms with Crippen LogP contribution in [0.15, 0.2) is 108 Å². The summed E-state index contributed by atoms with van der Waals surface area (Å²) >= 11 is 0. The van der Waals surface area contributed by atoms with E-state index in [1.54, 1.807) is 10.6 Å². The number of rotatable bonds is 7. The van der Waals surface area contributed by atoms with Crippen molar-refractivity contribution in [3.05, 3.63) is 136 Å². The first-order chi connectivity index (χ1) is 15.8. The van der Waals surface area contributed by atoms with Crippen molar-refractivity contribution in [3.63, 3.8) is 0 Å². The van der Waals surface area contributed by atoms with Crippen LogP contribution < -0.4 is 16.2 Å². The van der Waals surface area contributed by atoms with Gasteiger partial charge in [-0.05, 0) is 34.9 Å². The Morgan fingerprint density at radius 2 is 1.50 bits per heavy atom. The van der Waals surface area contributed by atoms with E-state index in [4.69, 9.17) is 0 Å². The second-order valence-electron chi connectivity index (χ2n) is 7.86. The molecule has 1 aromatic heterocycles. The Bertz CT molecular complexity index is 1250. The molecule has 0 fully saturated rings. The topological polar surface area (TPSA) is 48.1 Å². The molecule has 1 N–H and O–H groups in total. The molecule has 0 atom stereocenters. The summed E-state index contributed by atoms with van der Waals surface area (Å²) < 4.78 is 1.80. The summed E-state index contributed by atoms with van der Waals surface area (Å²) in [4.78, 5) is 12.6. The van der Waals surface area contributed by atoms with E-state index in [0.717, 1.165) is 22.5 Å². The molecule has 0 saturated carbocycles. The van der Waals surface area contributed by atoms with E-state index in [2.05, 4.69) is 59.2 Å². The molecule has 4 nitrogen and oxygen atoms in total. The van der Waals surface area contributed by atoms with Crippen LogP contribution in [-0.4, -0.2) is 11.1 Å². The van der Waals surface area contributed by atoms with E-state index in [1.165, 1.54) is 11.1 Å². The van der Waals surface area contributed by atoms with E-state index in [-0.39, 0.29) is 11.5 Å². The fourth-order valence-electron chi connectivity index (χ4n) is 4.26. The quantitative estimate of drug-likeness (QED) is 0.439. The highest BCUT2D eigenvalue weighted by Crippen LogP contribution is 2.31. The smallest absolute Gasteiger partial charge is 0.250 e. The van der Waals surface area contributed by atoms with E-state index < -0.39 is 0 Å². The van der Waals surface area contributed by atoms with Crippen molar-refractivity contribution in [2.45, 2.75) is 12.5 Å². The Balaban J connectivity index is 1.41. The van der Waals surface area contributed by atoms with Crippen molar-refractivity contribution in [3.8, 4) is 0 Å². The average Bonchev–Trinajstić information content (AvgIpc) is 3.32. The number of anilines is 1. The number of hydrogen-bond donors (Lipinski definition) is 1. The zero-order valence-electron chi connectivity index (χ0n) is 17.7. The Kier molecular flexibility index (Phi) is 5.58. The molecule has 1 aliphatic rings. The van der Waals surface area contributed by atoms with Crippen LogP contribution in [0, 0.1) is 0 Å². The normalized spacial score (nSPS) is 11.9. The highest BCUT2D eigenvalue weighted by Gasteiger charge is 2.17. The van der Waals surface area contributed by atoms with Gasteiger partial charge in [-0.3, -0.25) is 10.1 Å². The number of aromatic nitrogens is 1. The van der Waals surface area contributed by atoms with Crippen LogP contribution in [0.2, 0.25) is 0 Å². The van der Waals surface area contributed by atoms with Gasteiger partial charge in [0.25, 0.3) is 5.56 Å². The molecule has 0 amide bonds. The van der Waals surface area contributed by atoms with Crippen molar-refractivity contribution in [1.29, 1.82) is 0 Å². The third-order valence-corrected chi connectivity index (χ3v) is 5.81. The Morgan fingerprint density at radius 3 is 2.22 bits per heavy atom. The van der Waals surface area contributed by atoms with E-state index in [1.807, 2.05) is 54.9 Å². The lowest BCUT2D eigenvalue weighted by Crippen LogP contribution is -2.24. The zero-order valence-corrected chi connectivity index (χ0v) is 17.7. The fourth-order valence-corrected chi connectivity index (χ4v) is 4.26. The molecule has 32 heavy (non-hydrogen) atoms. The van der Waals surface area contributed by atoms with Gasteiger partial charge in [0.05, 0.1) is 5.69 Å². The molecule has 4 aromatic rings. The van der Waals surface area contributed by atoms with Crippen LogP contribution in [0.25, 0.3) is 6.08 Å². The van der Waals surface area contributed by atoms with E-state index >= 15 is 0 Å². The van der Waals surface area contributed by atoms with Crippen molar-refractivity contribution < 1.29 is 0 Å². The second kappa shape index (κ2) is 8.98. The molecule has 5 rings (SSSR count). The van der Waals surface area contributed by atoms with Crippen LogP contribution in [0.3, 0.4) is 0 Å². The number of nitrogens with one attached hydrogen (secondary N) is 1. The summed E-state index contributed by atoms with van der Waals surface area (Å²) in [5.41, 5.74) is 6.63. The number of benzene rings is 3. The molecule has 0 unspecified atom stereocenters. The Labute approximate surface area is 187 Å². The maximum atomic E-state index is 12.6.